The van der Waals surface area contributed by atoms with Gasteiger partial charge in [-0.15, -0.1) is 0 Å². The van der Waals surface area contributed by atoms with Crippen molar-refractivity contribution >= 4 is 12.2 Å². The van der Waals surface area contributed by atoms with E-state index in [0.717, 1.165) is 61.9 Å². The number of imidazole rings is 1. The Labute approximate surface area is 184 Å². The lowest BCUT2D eigenvalue weighted by atomic mass is 10.0. The zero-order chi connectivity index (χ0) is 22.0. The van der Waals surface area contributed by atoms with Crippen LogP contribution in [-0.2, 0) is 6.54 Å². The molecule has 4 rings (SSSR count). The minimum absolute atomic E-state index is 0.201. The summed E-state index contributed by atoms with van der Waals surface area (Å²) in [5.74, 6) is 2.38. The number of benzene rings is 1. The molecule has 2 N–H and O–H groups in total. The van der Waals surface area contributed by atoms with E-state index in [1.54, 1.807) is 0 Å². The average molecular weight is 424 g/mol. The third-order valence-corrected chi connectivity index (χ3v) is 6.04. The summed E-state index contributed by atoms with van der Waals surface area (Å²) >= 11 is 0. The summed E-state index contributed by atoms with van der Waals surface area (Å²) in [5, 5.41) is 10.7. The molecule has 8 nitrogen and oxygen atoms in total. The highest BCUT2D eigenvalue weighted by Crippen LogP contribution is 2.35. The zero-order valence-electron chi connectivity index (χ0n) is 18.9. The second kappa shape index (κ2) is 9.20. The van der Waals surface area contributed by atoms with Gasteiger partial charge in [0.1, 0.15) is 30.2 Å². The molecule has 166 valence electrons. The number of aromatic nitrogens is 2. The minimum atomic E-state index is 0.201. The van der Waals surface area contributed by atoms with Crippen LogP contribution in [0.1, 0.15) is 38.1 Å². The summed E-state index contributed by atoms with van der Waals surface area (Å²) in [6.07, 6.45) is 3.06. The van der Waals surface area contributed by atoms with Crippen molar-refractivity contribution in [3.8, 4) is 17.1 Å². The second-order valence-corrected chi connectivity index (χ2v) is 8.67. The number of nitrogens with one attached hydrogen (secondary N) is 2. The number of likely N-dealkylation sites (N-methyl/N-ethyl adjacent to an activating group) is 1. The standard InChI is InChI=1S/C23H33N7O/c1-16(2)26-22(25-15-24)20-14-30-11-12-31-21-6-5-18(13-19(21)23(30)27-20)17(3)29-9-7-28(4)8-10-29/h5-6,13-17H,7-12H2,1-4H3,(H2,24,25,26)/t17-/m1/s1. The highest BCUT2D eigenvalue weighted by Gasteiger charge is 2.24. The van der Waals surface area contributed by atoms with Crippen molar-refractivity contribution in [3.63, 3.8) is 0 Å². The Morgan fingerprint density at radius 3 is 2.68 bits per heavy atom. The Bertz CT molecular complexity index is 957. The van der Waals surface area contributed by atoms with E-state index in [4.69, 9.17) is 15.1 Å². The Balaban J connectivity index is 1.68. The number of nitrogens with zero attached hydrogens (tertiary/aromatic N) is 5. The first-order chi connectivity index (χ1) is 15.0. The number of hydrogen-bond acceptors (Lipinski definition) is 5. The molecule has 2 aliphatic rings. The zero-order valence-corrected chi connectivity index (χ0v) is 18.9. The number of piperazine rings is 1. The molecule has 0 unspecified atom stereocenters. The van der Waals surface area contributed by atoms with Crippen molar-refractivity contribution in [1.29, 1.82) is 5.41 Å². The normalized spacial score (nSPS) is 18.7. The molecule has 1 aromatic carbocycles. The molecule has 8 heteroatoms. The molecule has 0 amide bonds. The van der Waals surface area contributed by atoms with Crippen molar-refractivity contribution in [2.45, 2.75) is 39.4 Å². The second-order valence-electron chi connectivity index (χ2n) is 8.67. The van der Waals surface area contributed by atoms with E-state index < -0.39 is 0 Å². The molecule has 2 aromatic rings. The van der Waals surface area contributed by atoms with Crippen LogP contribution in [0, 0.1) is 5.41 Å². The van der Waals surface area contributed by atoms with Crippen molar-refractivity contribution in [2.24, 2.45) is 4.99 Å². The Morgan fingerprint density at radius 1 is 1.19 bits per heavy atom. The van der Waals surface area contributed by atoms with E-state index in [1.807, 2.05) is 6.20 Å². The van der Waals surface area contributed by atoms with Gasteiger partial charge < -0.3 is 19.5 Å². The highest BCUT2D eigenvalue weighted by molar-refractivity contribution is 6.01. The number of aliphatic imine (C=N–C) groups is 1. The number of fused-ring (bicyclic) bond motifs is 3. The molecule has 1 saturated heterocycles. The summed E-state index contributed by atoms with van der Waals surface area (Å²) < 4.78 is 8.16. The van der Waals surface area contributed by atoms with Gasteiger partial charge >= 0.3 is 0 Å². The summed E-state index contributed by atoms with van der Waals surface area (Å²) in [6.45, 7) is 12.1. The van der Waals surface area contributed by atoms with Crippen LogP contribution in [0.4, 0.5) is 0 Å². The molecule has 1 fully saturated rings. The molecule has 0 radical (unpaired) electrons. The van der Waals surface area contributed by atoms with Crippen molar-refractivity contribution in [3.05, 3.63) is 35.7 Å². The lowest BCUT2D eigenvalue weighted by Gasteiger charge is -2.36. The molecule has 0 bridgehead atoms. The molecule has 1 aromatic heterocycles. The number of amidine groups is 1. The smallest absolute Gasteiger partial charge is 0.155 e. The maximum Gasteiger partial charge on any atom is 0.155 e. The Hall–Kier alpha value is -2.71. The Morgan fingerprint density at radius 2 is 1.97 bits per heavy atom. The van der Waals surface area contributed by atoms with E-state index in [9.17, 15) is 0 Å². The fourth-order valence-electron chi connectivity index (χ4n) is 4.21. The molecule has 3 heterocycles. The van der Waals surface area contributed by atoms with Gasteiger partial charge in [-0.1, -0.05) is 6.07 Å². The van der Waals surface area contributed by atoms with Crippen LogP contribution in [0.3, 0.4) is 0 Å². The van der Waals surface area contributed by atoms with Crippen molar-refractivity contribution in [1.82, 2.24) is 24.7 Å². The lowest BCUT2D eigenvalue weighted by molar-refractivity contribution is 0.119. The van der Waals surface area contributed by atoms with Crippen LogP contribution in [0.5, 0.6) is 5.75 Å². The van der Waals surface area contributed by atoms with Crippen LogP contribution in [0.25, 0.3) is 11.4 Å². The maximum atomic E-state index is 7.41. The van der Waals surface area contributed by atoms with Gasteiger partial charge in [-0.25, -0.2) is 9.98 Å². The summed E-state index contributed by atoms with van der Waals surface area (Å²) in [4.78, 5) is 14.0. The summed E-state index contributed by atoms with van der Waals surface area (Å²) in [5.41, 5.74) is 3.04. The number of ether oxygens (including phenoxy) is 1. The topological polar surface area (TPSA) is 81.8 Å². The van der Waals surface area contributed by atoms with E-state index >= 15 is 0 Å². The fourth-order valence-corrected chi connectivity index (χ4v) is 4.21. The van der Waals surface area contributed by atoms with Gasteiger partial charge in [0.2, 0.25) is 0 Å². The van der Waals surface area contributed by atoms with Gasteiger partial charge in [0.05, 0.1) is 12.1 Å². The van der Waals surface area contributed by atoms with Gasteiger partial charge in [0, 0.05) is 44.5 Å². The third-order valence-electron chi connectivity index (χ3n) is 6.04. The van der Waals surface area contributed by atoms with Gasteiger partial charge in [-0.05, 0) is 45.5 Å². The van der Waals surface area contributed by atoms with E-state index in [1.165, 1.54) is 5.56 Å². The monoisotopic (exact) mass is 423 g/mol. The molecule has 0 spiro atoms. The van der Waals surface area contributed by atoms with Crippen LogP contribution in [-0.4, -0.2) is 77.4 Å². The van der Waals surface area contributed by atoms with Crippen LogP contribution < -0.4 is 10.1 Å². The van der Waals surface area contributed by atoms with Gasteiger partial charge in [-0.2, -0.15) is 0 Å². The largest absolute Gasteiger partial charge is 0.491 e. The fraction of sp³-hybridized carbons (Fsp3) is 0.522. The predicted octanol–water partition coefficient (Wildman–Crippen LogP) is 2.60. The molecule has 31 heavy (non-hydrogen) atoms. The van der Waals surface area contributed by atoms with Crippen molar-refractivity contribution in [2.75, 3.05) is 39.8 Å². The van der Waals surface area contributed by atoms with Crippen LogP contribution in [0.2, 0.25) is 0 Å². The molecular formula is C23H33N7O. The van der Waals surface area contributed by atoms with Crippen LogP contribution in [0.15, 0.2) is 29.4 Å². The average Bonchev–Trinajstić information content (AvgIpc) is 3.10. The van der Waals surface area contributed by atoms with Crippen molar-refractivity contribution < 1.29 is 4.74 Å². The molecular weight excluding hydrogens is 390 g/mol. The summed E-state index contributed by atoms with van der Waals surface area (Å²) in [7, 11) is 2.18. The highest BCUT2D eigenvalue weighted by atomic mass is 16.5. The third kappa shape index (κ3) is 4.65. The van der Waals surface area contributed by atoms with E-state index in [0.29, 0.717) is 18.5 Å². The predicted molar refractivity (Wildman–Crippen MR) is 124 cm³/mol. The molecule has 0 aliphatic carbocycles. The number of hydrogen-bond donors (Lipinski definition) is 2. The van der Waals surface area contributed by atoms with E-state index in [2.05, 4.69) is 70.7 Å². The minimum Gasteiger partial charge on any atom is -0.491 e. The van der Waals surface area contributed by atoms with Gasteiger partial charge in [-0.3, -0.25) is 10.3 Å². The first-order valence-electron chi connectivity index (χ1n) is 11.1. The molecule has 2 aliphatic heterocycles. The lowest BCUT2D eigenvalue weighted by Crippen LogP contribution is -2.45. The van der Waals surface area contributed by atoms with E-state index in [-0.39, 0.29) is 6.04 Å². The summed E-state index contributed by atoms with van der Waals surface area (Å²) in [6, 6.07) is 7.04. The maximum absolute atomic E-state index is 7.41. The SMILES string of the molecule is CC(C)N/C(=N\C=N)c1cn2c(n1)-c1cc([C@@H](C)N3CCN(C)CC3)ccc1OCC2. The first kappa shape index (κ1) is 21.5. The van der Waals surface area contributed by atoms with Gasteiger partial charge in [0.25, 0.3) is 0 Å². The quantitative estimate of drug-likeness (QED) is 0.571. The first-order valence-corrected chi connectivity index (χ1v) is 11.1. The molecule has 0 saturated carbocycles. The molecule has 1 atom stereocenters. The van der Waals surface area contributed by atoms with Crippen LogP contribution >= 0.6 is 0 Å². The number of rotatable bonds is 5. The Kier molecular flexibility index (Phi) is 6.38. The van der Waals surface area contributed by atoms with Gasteiger partial charge in [0.15, 0.2) is 5.84 Å².